The predicted molar refractivity (Wildman–Crippen MR) is 107 cm³/mol. The number of amides is 1. The van der Waals surface area contributed by atoms with E-state index >= 15 is 0 Å². The summed E-state index contributed by atoms with van der Waals surface area (Å²) < 4.78 is 42.3. The van der Waals surface area contributed by atoms with Gasteiger partial charge in [-0.2, -0.15) is 5.10 Å². The second-order valence-electron chi connectivity index (χ2n) is 7.05. The van der Waals surface area contributed by atoms with Crippen molar-refractivity contribution in [1.82, 2.24) is 19.6 Å². The van der Waals surface area contributed by atoms with Crippen LogP contribution in [0.2, 0.25) is 0 Å². The van der Waals surface area contributed by atoms with Crippen LogP contribution in [0.3, 0.4) is 0 Å². The van der Waals surface area contributed by atoms with Gasteiger partial charge in [0.05, 0.1) is 11.9 Å². The Morgan fingerprint density at radius 3 is 2.61 bits per heavy atom. The van der Waals surface area contributed by atoms with Crippen molar-refractivity contribution in [3.8, 4) is 11.3 Å². The molecule has 156 valence electrons. The number of carbonyl (C=O) groups is 1. The van der Waals surface area contributed by atoms with Crippen molar-refractivity contribution >= 4 is 23.1 Å². The third-order valence-electron chi connectivity index (χ3n) is 5.09. The third-order valence-corrected chi connectivity index (χ3v) is 5.09. The van der Waals surface area contributed by atoms with Crippen LogP contribution in [0.25, 0.3) is 16.9 Å². The van der Waals surface area contributed by atoms with Crippen LogP contribution in [0, 0.1) is 17.5 Å². The molecule has 7 nitrogen and oxygen atoms in total. The smallest absolute Gasteiger partial charge is 0.276 e. The Hall–Kier alpha value is -3.95. The van der Waals surface area contributed by atoms with Crippen molar-refractivity contribution < 1.29 is 18.0 Å². The number of imidazole rings is 1. The Morgan fingerprint density at radius 1 is 1.00 bits per heavy atom. The van der Waals surface area contributed by atoms with E-state index < -0.39 is 23.4 Å². The van der Waals surface area contributed by atoms with Crippen molar-refractivity contribution in [1.29, 1.82) is 0 Å². The molecule has 0 atom stereocenters. The fourth-order valence-corrected chi connectivity index (χ4v) is 3.31. The number of hydrogen-bond donors (Lipinski definition) is 1. The second-order valence-corrected chi connectivity index (χ2v) is 7.05. The molecule has 1 fully saturated rings. The second kappa shape index (κ2) is 7.38. The zero-order chi connectivity index (χ0) is 21.5. The zero-order valence-electron chi connectivity index (χ0n) is 16.0. The van der Waals surface area contributed by atoms with E-state index in [0.29, 0.717) is 11.3 Å². The van der Waals surface area contributed by atoms with Crippen LogP contribution < -0.4 is 10.2 Å². The number of nitrogens with one attached hydrogen (secondary N) is 1. The van der Waals surface area contributed by atoms with Gasteiger partial charge in [0.2, 0.25) is 0 Å². The molecular formula is C21H15F3N6O. The fourth-order valence-electron chi connectivity index (χ4n) is 3.31. The van der Waals surface area contributed by atoms with E-state index in [9.17, 15) is 18.0 Å². The first-order valence-corrected chi connectivity index (χ1v) is 9.52. The molecule has 0 bridgehead atoms. The van der Waals surface area contributed by atoms with Gasteiger partial charge >= 0.3 is 0 Å². The van der Waals surface area contributed by atoms with Gasteiger partial charge in [0, 0.05) is 36.6 Å². The molecule has 0 aliphatic carbocycles. The average molecular weight is 424 g/mol. The van der Waals surface area contributed by atoms with Crippen LogP contribution in [0.15, 0.2) is 48.8 Å². The number of carbonyl (C=O) groups excluding carboxylic acids is 1. The Balaban J connectivity index is 1.47. The predicted octanol–water partition coefficient (Wildman–Crippen LogP) is 3.67. The number of rotatable bonds is 4. The maximum atomic E-state index is 14.2. The maximum absolute atomic E-state index is 14.2. The summed E-state index contributed by atoms with van der Waals surface area (Å²) in [6.07, 6.45) is 4.05. The minimum atomic E-state index is -1.58. The molecule has 0 unspecified atom stereocenters. The van der Waals surface area contributed by atoms with Gasteiger partial charge in [-0.3, -0.25) is 4.79 Å². The summed E-state index contributed by atoms with van der Waals surface area (Å²) >= 11 is 0. The van der Waals surface area contributed by atoms with Crippen molar-refractivity contribution in [3.63, 3.8) is 0 Å². The molecule has 1 aliphatic heterocycles. The summed E-state index contributed by atoms with van der Waals surface area (Å²) in [5.74, 6) is -3.94. The van der Waals surface area contributed by atoms with E-state index in [1.807, 2.05) is 0 Å². The molecule has 3 aromatic heterocycles. The lowest BCUT2D eigenvalue weighted by molar-refractivity contribution is 0.102. The minimum Gasteiger partial charge on any atom is -0.356 e. The number of benzene rings is 1. The molecule has 1 amide bonds. The van der Waals surface area contributed by atoms with E-state index in [1.165, 1.54) is 22.8 Å². The Morgan fingerprint density at radius 2 is 1.84 bits per heavy atom. The van der Waals surface area contributed by atoms with Gasteiger partial charge in [-0.1, -0.05) is 0 Å². The third kappa shape index (κ3) is 3.35. The average Bonchev–Trinajstić information content (AvgIpc) is 3.14. The molecule has 5 rings (SSSR count). The Bertz CT molecular complexity index is 1320. The molecule has 31 heavy (non-hydrogen) atoms. The molecule has 0 saturated carbocycles. The molecule has 0 radical (unpaired) electrons. The number of halogens is 3. The van der Waals surface area contributed by atoms with Gasteiger partial charge in [-0.25, -0.2) is 27.7 Å². The highest BCUT2D eigenvalue weighted by molar-refractivity contribution is 6.03. The first-order valence-electron chi connectivity index (χ1n) is 9.52. The molecule has 1 N–H and O–H groups in total. The fraction of sp³-hybridized carbons (Fsp3) is 0.143. The topological polar surface area (TPSA) is 75.4 Å². The molecule has 4 heterocycles. The van der Waals surface area contributed by atoms with Crippen LogP contribution in [-0.2, 0) is 0 Å². The summed E-state index contributed by atoms with van der Waals surface area (Å²) in [5.41, 5.74) is 0.795. The molecule has 1 aliphatic rings. The monoisotopic (exact) mass is 424 g/mol. The summed E-state index contributed by atoms with van der Waals surface area (Å²) in [6.45, 7) is 1.84. The van der Waals surface area contributed by atoms with Gasteiger partial charge in [0.15, 0.2) is 28.8 Å². The number of fused-ring (bicyclic) bond motifs is 1. The number of hydrogen-bond acceptors (Lipinski definition) is 5. The van der Waals surface area contributed by atoms with E-state index in [4.69, 9.17) is 0 Å². The summed E-state index contributed by atoms with van der Waals surface area (Å²) in [5, 5.41) is 6.99. The highest BCUT2D eigenvalue weighted by atomic mass is 19.2. The van der Waals surface area contributed by atoms with Gasteiger partial charge in [-0.05, 0) is 36.8 Å². The highest BCUT2D eigenvalue weighted by Crippen LogP contribution is 2.25. The van der Waals surface area contributed by atoms with Crippen LogP contribution in [0.4, 0.5) is 24.7 Å². The minimum absolute atomic E-state index is 0.0277. The first-order chi connectivity index (χ1) is 15.0. The molecular weight excluding hydrogens is 409 g/mol. The van der Waals surface area contributed by atoms with E-state index in [0.717, 1.165) is 37.5 Å². The van der Waals surface area contributed by atoms with Crippen molar-refractivity contribution in [3.05, 3.63) is 71.9 Å². The SMILES string of the molecule is O=C(Nc1ccnc(N2CCC2)c1)c1cnc2ccc(-c3ccc(F)c(F)c3F)nn12. The largest absolute Gasteiger partial charge is 0.356 e. The standard InChI is InChI=1S/C21H15F3N6O/c22-14-3-2-13(19(23)20(14)24)15-4-5-17-26-11-16(30(17)28-15)21(31)27-12-6-7-25-18(10-12)29-8-1-9-29/h2-7,10-11H,1,8-9H2,(H,25,27,31). The highest BCUT2D eigenvalue weighted by Gasteiger charge is 2.20. The van der Waals surface area contributed by atoms with Crippen LogP contribution in [0.5, 0.6) is 0 Å². The normalized spacial score (nSPS) is 13.3. The Kier molecular flexibility index (Phi) is 4.54. The van der Waals surface area contributed by atoms with Crippen LogP contribution in [0.1, 0.15) is 16.9 Å². The summed E-state index contributed by atoms with van der Waals surface area (Å²) in [7, 11) is 0. The molecule has 1 saturated heterocycles. The van der Waals surface area contributed by atoms with Crippen LogP contribution in [-0.4, -0.2) is 38.6 Å². The lowest BCUT2D eigenvalue weighted by atomic mass is 10.1. The van der Waals surface area contributed by atoms with Crippen LogP contribution >= 0.6 is 0 Å². The number of anilines is 2. The Labute approximate surface area is 174 Å². The molecule has 10 heteroatoms. The summed E-state index contributed by atoms with van der Waals surface area (Å²) in [4.78, 5) is 23.4. The zero-order valence-corrected chi connectivity index (χ0v) is 16.0. The lowest BCUT2D eigenvalue weighted by Crippen LogP contribution is -2.37. The lowest BCUT2D eigenvalue weighted by Gasteiger charge is -2.32. The molecule has 4 aromatic rings. The first kappa shape index (κ1) is 19.0. The number of aromatic nitrogens is 4. The van der Waals surface area contributed by atoms with Crippen molar-refractivity contribution in [2.45, 2.75) is 6.42 Å². The van der Waals surface area contributed by atoms with E-state index in [1.54, 1.807) is 18.3 Å². The van der Waals surface area contributed by atoms with Gasteiger partial charge < -0.3 is 10.2 Å². The van der Waals surface area contributed by atoms with E-state index in [-0.39, 0.29) is 17.0 Å². The molecule has 0 spiro atoms. The molecule has 1 aromatic carbocycles. The van der Waals surface area contributed by atoms with Gasteiger partial charge in [0.1, 0.15) is 5.82 Å². The van der Waals surface area contributed by atoms with Gasteiger partial charge in [-0.15, -0.1) is 0 Å². The maximum Gasteiger partial charge on any atom is 0.276 e. The van der Waals surface area contributed by atoms with Crippen molar-refractivity contribution in [2.75, 3.05) is 23.3 Å². The quantitative estimate of drug-likeness (QED) is 0.506. The number of pyridine rings is 1. The summed E-state index contributed by atoms with van der Waals surface area (Å²) in [6, 6.07) is 8.28. The van der Waals surface area contributed by atoms with Crippen molar-refractivity contribution in [2.24, 2.45) is 0 Å². The van der Waals surface area contributed by atoms with E-state index in [2.05, 4.69) is 25.3 Å². The van der Waals surface area contributed by atoms with Gasteiger partial charge in [0.25, 0.3) is 5.91 Å². The number of nitrogens with zero attached hydrogens (tertiary/aromatic N) is 5.